The van der Waals surface area contributed by atoms with Gasteiger partial charge >= 0.3 is 5.97 Å². The summed E-state index contributed by atoms with van der Waals surface area (Å²) in [6.07, 6.45) is 1.68. The van der Waals surface area contributed by atoms with Gasteiger partial charge in [-0.05, 0) is 23.8 Å². The molecule has 96 valence electrons. The number of ether oxygens (including phenoxy) is 1. The Hall–Kier alpha value is -2.55. The highest BCUT2D eigenvalue weighted by Crippen LogP contribution is 2.29. The van der Waals surface area contributed by atoms with Gasteiger partial charge in [-0.1, -0.05) is 36.4 Å². The van der Waals surface area contributed by atoms with Crippen molar-refractivity contribution in [1.82, 2.24) is 0 Å². The average molecular weight is 254 g/mol. The molecule has 0 aliphatic heterocycles. The molecule has 0 radical (unpaired) electrons. The largest absolute Gasteiger partial charge is 0.507 e. The molecule has 0 heterocycles. The van der Waals surface area contributed by atoms with Gasteiger partial charge in [0.05, 0.1) is 6.42 Å². The number of hydrogen-bond acceptors (Lipinski definition) is 3. The first-order valence-corrected chi connectivity index (χ1v) is 5.90. The van der Waals surface area contributed by atoms with Crippen LogP contribution in [0.5, 0.6) is 11.5 Å². The molecule has 1 N–H and O–H groups in total. The topological polar surface area (TPSA) is 46.5 Å². The molecule has 2 rings (SSSR count). The Balaban J connectivity index is 2.17. The molecule has 19 heavy (non-hydrogen) atoms. The number of hydrogen-bond donors (Lipinski definition) is 1. The minimum atomic E-state index is -0.342. The Morgan fingerprint density at radius 3 is 2.47 bits per heavy atom. The smallest absolute Gasteiger partial charge is 0.315 e. The van der Waals surface area contributed by atoms with Crippen LogP contribution in [-0.4, -0.2) is 11.1 Å². The molecule has 3 nitrogen and oxygen atoms in total. The van der Waals surface area contributed by atoms with Crippen LogP contribution in [-0.2, 0) is 4.79 Å². The minimum absolute atomic E-state index is 0.182. The van der Waals surface area contributed by atoms with E-state index in [0.717, 1.165) is 11.1 Å². The highest BCUT2D eigenvalue weighted by atomic mass is 16.5. The summed E-state index contributed by atoms with van der Waals surface area (Å²) in [5, 5.41) is 9.75. The Morgan fingerprint density at radius 1 is 1.16 bits per heavy atom. The van der Waals surface area contributed by atoms with Crippen LogP contribution in [0, 0.1) is 0 Å². The molecule has 0 bridgehead atoms. The zero-order valence-electron chi connectivity index (χ0n) is 10.4. The van der Waals surface area contributed by atoms with Crippen molar-refractivity contribution in [3.63, 3.8) is 0 Å². The van der Waals surface area contributed by atoms with Crippen molar-refractivity contribution >= 4 is 5.97 Å². The van der Waals surface area contributed by atoms with Gasteiger partial charge < -0.3 is 9.84 Å². The molecule has 3 heteroatoms. The van der Waals surface area contributed by atoms with Crippen LogP contribution in [0.25, 0.3) is 11.1 Å². The molecule has 2 aromatic rings. The summed E-state index contributed by atoms with van der Waals surface area (Å²) >= 11 is 0. The third-order valence-corrected chi connectivity index (χ3v) is 2.61. The van der Waals surface area contributed by atoms with Crippen LogP contribution in [0.1, 0.15) is 6.42 Å². The number of carbonyl (C=O) groups excluding carboxylic acids is 1. The lowest BCUT2D eigenvalue weighted by molar-refractivity contribution is -0.133. The molecule has 0 spiro atoms. The quantitative estimate of drug-likeness (QED) is 0.515. The highest BCUT2D eigenvalue weighted by Gasteiger charge is 2.05. The molecule has 0 aromatic heterocycles. The Morgan fingerprint density at radius 2 is 1.84 bits per heavy atom. The van der Waals surface area contributed by atoms with E-state index in [-0.39, 0.29) is 18.1 Å². The van der Waals surface area contributed by atoms with E-state index in [1.54, 1.807) is 36.4 Å². The SMILES string of the molecule is C=CCC(=O)Oc1ccc(-c2ccccc2O)cc1. The predicted octanol–water partition coefficient (Wildman–Crippen LogP) is 3.54. The van der Waals surface area contributed by atoms with Crippen LogP contribution in [0.3, 0.4) is 0 Å². The van der Waals surface area contributed by atoms with E-state index < -0.39 is 0 Å². The number of phenolic OH excluding ortho intramolecular Hbond substituents is 1. The van der Waals surface area contributed by atoms with Gasteiger partial charge in [0.1, 0.15) is 11.5 Å². The van der Waals surface area contributed by atoms with Gasteiger partial charge in [0.2, 0.25) is 0 Å². The summed E-state index contributed by atoms with van der Waals surface area (Å²) in [6.45, 7) is 3.48. The predicted molar refractivity (Wildman–Crippen MR) is 74.0 cm³/mol. The Bertz CT molecular complexity index is 585. The van der Waals surface area contributed by atoms with Crippen molar-refractivity contribution in [2.24, 2.45) is 0 Å². The normalized spacial score (nSPS) is 9.89. The third-order valence-electron chi connectivity index (χ3n) is 2.61. The first kappa shape index (κ1) is 12.9. The third kappa shape index (κ3) is 3.22. The van der Waals surface area contributed by atoms with Crippen molar-refractivity contribution in [3.8, 4) is 22.6 Å². The minimum Gasteiger partial charge on any atom is -0.507 e. The fourth-order valence-electron chi connectivity index (χ4n) is 1.71. The van der Waals surface area contributed by atoms with Crippen molar-refractivity contribution in [2.45, 2.75) is 6.42 Å². The Kier molecular flexibility index (Phi) is 3.98. The van der Waals surface area contributed by atoms with Gasteiger partial charge in [-0.25, -0.2) is 0 Å². The molecule has 0 saturated heterocycles. The number of para-hydroxylation sites is 1. The average Bonchev–Trinajstić information content (AvgIpc) is 2.41. The van der Waals surface area contributed by atoms with Gasteiger partial charge in [0.25, 0.3) is 0 Å². The second-order valence-electron chi connectivity index (χ2n) is 4.01. The van der Waals surface area contributed by atoms with E-state index in [0.29, 0.717) is 5.75 Å². The van der Waals surface area contributed by atoms with E-state index in [2.05, 4.69) is 6.58 Å². The number of carbonyl (C=O) groups is 1. The summed E-state index contributed by atoms with van der Waals surface area (Å²) in [5.41, 5.74) is 1.60. The van der Waals surface area contributed by atoms with Crippen LogP contribution in [0.2, 0.25) is 0 Å². The molecule has 2 aromatic carbocycles. The summed E-state index contributed by atoms with van der Waals surface area (Å²) in [7, 11) is 0. The molecule has 0 saturated carbocycles. The number of rotatable bonds is 4. The van der Waals surface area contributed by atoms with E-state index in [9.17, 15) is 9.90 Å². The van der Waals surface area contributed by atoms with E-state index in [1.165, 1.54) is 6.08 Å². The summed E-state index contributed by atoms with van der Waals surface area (Å²) in [5.74, 6) is 0.357. The number of benzene rings is 2. The van der Waals surface area contributed by atoms with Crippen molar-refractivity contribution in [3.05, 3.63) is 61.2 Å². The van der Waals surface area contributed by atoms with Gasteiger partial charge in [-0.15, -0.1) is 6.58 Å². The van der Waals surface area contributed by atoms with E-state index in [1.807, 2.05) is 12.1 Å². The molecule has 0 aliphatic carbocycles. The van der Waals surface area contributed by atoms with Crippen molar-refractivity contribution in [2.75, 3.05) is 0 Å². The van der Waals surface area contributed by atoms with Gasteiger partial charge in [-0.2, -0.15) is 0 Å². The molecular weight excluding hydrogens is 240 g/mol. The van der Waals surface area contributed by atoms with Crippen molar-refractivity contribution < 1.29 is 14.6 Å². The highest BCUT2D eigenvalue weighted by molar-refractivity contribution is 5.75. The molecule has 0 aliphatic rings. The molecule has 0 unspecified atom stereocenters. The fraction of sp³-hybridized carbons (Fsp3) is 0.0625. The lowest BCUT2D eigenvalue weighted by Crippen LogP contribution is -2.05. The fourth-order valence-corrected chi connectivity index (χ4v) is 1.71. The summed E-state index contributed by atoms with van der Waals surface area (Å²) in [4.78, 5) is 11.3. The maximum atomic E-state index is 11.3. The number of aromatic hydroxyl groups is 1. The zero-order valence-corrected chi connectivity index (χ0v) is 10.4. The maximum absolute atomic E-state index is 11.3. The van der Waals surface area contributed by atoms with Crippen molar-refractivity contribution in [1.29, 1.82) is 0 Å². The number of phenols is 1. The second-order valence-corrected chi connectivity index (χ2v) is 4.01. The second kappa shape index (κ2) is 5.87. The van der Waals surface area contributed by atoms with Crippen LogP contribution >= 0.6 is 0 Å². The first-order valence-electron chi connectivity index (χ1n) is 5.90. The van der Waals surface area contributed by atoms with Gasteiger partial charge in [0.15, 0.2) is 0 Å². The number of esters is 1. The molecular formula is C16H14O3. The molecule has 0 fully saturated rings. The monoisotopic (exact) mass is 254 g/mol. The molecule has 0 atom stereocenters. The lowest BCUT2D eigenvalue weighted by Gasteiger charge is -2.06. The van der Waals surface area contributed by atoms with Gasteiger partial charge in [0, 0.05) is 5.56 Å². The van der Waals surface area contributed by atoms with E-state index >= 15 is 0 Å². The van der Waals surface area contributed by atoms with Crippen LogP contribution in [0.4, 0.5) is 0 Å². The van der Waals surface area contributed by atoms with Crippen LogP contribution < -0.4 is 4.74 Å². The summed E-state index contributed by atoms with van der Waals surface area (Å²) < 4.78 is 5.10. The lowest BCUT2D eigenvalue weighted by atomic mass is 10.0. The van der Waals surface area contributed by atoms with Crippen LogP contribution in [0.15, 0.2) is 61.2 Å². The Labute approximate surface area is 111 Å². The summed E-state index contributed by atoms with van der Waals surface area (Å²) in [6, 6.07) is 14.1. The van der Waals surface area contributed by atoms with Gasteiger partial charge in [-0.3, -0.25) is 4.79 Å². The maximum Gasteiger partial charge on any atom is 0.315 e. The first-order chi connectivity index (χ1) is 9.20. The van der Waals surface area contributed by atoms with E-state index in [4.69, 9.17) is 4.74 Å². The standard InChI is InChI=1S/C16H14O3/c1-2-5-16(18)19-13-10-8-12(9-11-13)14-6-3-4-7-15(14)17/h2-4,6-11,17H,1,5H2. The zero-order chi connectivity index (χ0) is 13.7. The molecule has 0 amide bonds.